The minimum absolute atomic E-state index is 0.144. The Morgan fingerprint density at radius 2 is 1.74 bits per heavy atom. The predicted molar refractivity (Wildman–Crippen MR) is 126 cm³/mol. The van der Waals surface area contributed by atoms with E-state index >= 15 is 0 Å². The lowest BCUT2D eigenvalue weighted by Crippen LogP contribution is -2.14. The molecule has 3 aromatic carbocycles. The number of carbonyl (C=O) groups excluding carboxylic acids is 1. The zero-order valence-electron chi connectivity index (χ0n) is 17.2. The Kier molecular flexibility index (Phi) is 5.74. The fraction of sp³-hybridized carbons (Fsp3) is 0.0769. The molecule has 1 N–H and O–H groups in total. The Morgan fingerprint density at radius 3 is 2.48 bits per heavy atom. The second kappa shape index (κ2) is 8.62. The number of benzene rings is 3. The molecule has 31 heavy (non-hydrogen) atoms. The van der Waals surface area contributed by atoms with Crippen molar-refractivity contribution in [3.63, 3.8) is 0 Å². The smallest absolute Gasteiger partial charge is 0.305 e. The Morgan fingerprint density at radius 1 is 0.968 bits per heavy atom. The summed E-state index contributed by atoms with van der Waals surface area (Å²) in [5, 5.41) is 0.647. The van der Waals surface area contributed by atoms with Crippen LogP contribution in [0, 0.1) is 13.8 Å². The maximum Gasteiger partial charge on any atom is 0.330 e. The van der Waals surface area contributed by atoms with E-state index in [4.69, 9.17) is 11.6 Å². The summed E-state index contributed by atoms with van der Waals surface area (Å²) in [4.78, 5) is 28.1. The highest BCUT2D eigenvalue weighted by molar-refractivity contribution is 6.30. The summed E-state index contributed by atoms with van der Waals surface area (Å²) in [7, 11) is 0. The molecule has 1 aromatic heterocycles. The van der Waals surface area contributed by atoms with Gasteiger partial charge in [-0.25, -0.2) is 4.79 Å². The molecule has 154 valence electrons. The van der Waals surface area contributed by atoms with Crippen molar-refractivity contribution in [3.05, 3.63) is 117 Å². The van der Waals surface area contributed by atoms with Crippen LogP contribution in [0.5, 0.6) is 0 Å². The number of aromatic amines is 1. The average Bonchev–Trinajstić information content (AvgIpc) is 3.17. The van der Waals surface area contributed by atoms with Crippen LogP contribution >= 0.6 is 11.6 Å². The van der Waals surface area contributed by atoms with Gasteiger partial charge in [0.1, 0.15) is 0 Å². The van der Waals surface area contributed by atoms with Gasteiger partial charge in [-0.2, -0.15) is 0 Å². The van der Waals surface area contributed by atoms with E-state index in [1.165, 1.54) is 16.2 Å². The van der Waals surface area contributed by atoms with Crippen LogP contribution in [0.3, 0.4) is 0 Å². The number of H-pyrrole nitrogens is 1. The SMILES string of the molecule is Cc1ccc(-c2cn(-c3cccc(C(=O)/C=C/c4ccc(Cl)cc4)c3)c(=O)[nH]2)cc1C. The van der Waals surface area contributed by atoms with E-state index < -0.39 is 0 Å². The number of aryl methyl sites for hydroxylation is 2. The molecule has 0 spiro atoms. The van der Waals surface area contributed by atoms with Crippen molar-refractivity contribution in [2.45, 2.75) is 13.8 Å². The van der Waals surface area contributed by atoms with Gasteiger partial charge in [0.15, 0.2) is 5.78 Å². The number of carbonyl (C=O) groups is 1. The number of rotatable bonds is 5. The van der Waals surface area contributed by atoms with Gasteiger partial charge in [-0.1, -0.05) is 54.1 Å². The van der Waals surface area contributed by atoms with Gasteiger partial charge in [-0.3, -0.25) is 9.36 Å². The third-order valence-electron chi connectivity index (χ3n) is 5.24. The molecule has 0 aliphatic carbocycles. The lowest BCUT2D eigenvalue weighted by Gasteiger charge is -2.04. The molecule has 0 unspecified atom stereocenters. The van der Waals surface area contributed by atoms with Crippen molar-refractivity contribution in [1.29, 1.82) is 0 Å². The number of aromatic nitrogens is 2. The number of allylic oxidation sites excluding steroid dienone is 1. The van der Waals surface area contributed by atoms with Crippen LogP contribution in [0.1, 0.15) is 27.0 Å². The first-order valence-electron chi connectivity index (χ1n) is 9.88. The molecule has 0 atom stereocenters. The first-order chi connectivity index (χ1) is 14.9. The molecule has 5 heteroatoms. The molecule has 1 heterocycles. The molecule has 0 aliphatic heterocycles. The highest BCUT2D eigenvalue weighted by Gasteiger charge is 2.10. The Hall–Kier alpha value is -3.63. The van der Waals surface area contributed by atoms with Crippen molar-refractivity contribution in [1.82, 2.24) is 9.55 Å². The van der Waals surface area contributed by atoms with Gasteiger partial charge in [0.25, 0.3) is 0 Å². The van der Waals surface area contributed by atoms with E-state index in [9.17, 15) is 9.59 Å². The van der Waals surface area contributed by atoms with Gasteiger partial charge in [0.2, 0.25) is 0 Å². The molecule has 4 rings (SSSR count). The largest absolute Gasteiger partial charge is 0.330 e. The molecule has 0 amide bonds. The second-order valence-electron chi connectivity index (χ2n) is 7.44. The summed E-state index contributed by atoms with van der Waals surface area (Å²) in [6.45, 7) is 4.09. The second-order valence-corrected chi connectivity index (χ2v) is 7.88. The Labute approximate surface area is 185 Å². The molecule has 0 radical (unpaired) electrons. The molecule has 4 aromatic rings. The van der Waals surface area contributed by atoms with Crippen molar-refractivity contribution in [3.8, 4) is 16.9 Å². The van der Waals surface area contributed by atoms with Gasteiger partial charge in [-0.05, 0) is 72.5 Å². The predicted octanol–water partition coefficient (Wildman–Crippen LogP) is 6.00. The lowest BCUT2D eigenvalue weighted by molar-refractivity contribution is 0.104. The van der Waals surface area contributed by atoms with E-state index in [0.717, 1.165) is 22.4 Å². The van der Waals surface area contributed by atoms with E-state index in [0.29, 0.717) is 16.3 Å². The number of nitrogens with zero attached hydrogens (tertiary/aromatic N) is 1. The van der Waals surface area contributed by atoms with Crippen molar-refractivity contribution in [2.75, 3.05) is 0 Å². The fourth-order valence-corrected chi connectivity index (χ4v) is 3.42. The first-order valence-corrected chi connectivity index (χ1v) is 10.3. The quantitative estimate of drug-likeness (QED) is 0.313. The Balaban J connectivity index is 1.61. The summed E-state index contributed by atoms with van der Waals surface area (Å²) in [6, 6.07) is 20.3. The van der Waals surface area contributed by atoms with Crippen molar-refractivity contribution < 1.29 is 4.79 Å². The van der Waals surface area contributed by atoms with E-state index in [2.05, 4.69) is 11.9 Å². The summed E-state index contributed by atoms with van der Waals surface area (Å²) < 4.78 is 1.52. The van der Waals surface area contributed by atoms with Crippen LogP contribution in [0.4, 0.5) is 0 Å². The Bertz CT molecular complexity index is 1340. The van der Waals surface area contributed by atoms with Crippen LogP contribution in [0.25, 0.3) is 23.0 Å². The maximum absolute atomic E-state index is 12.6. The minimum atomic E-state index is -0.255. The topological polar surface area (TPSA) is 54.9 Å². The summed E-state index contributed by atoms with van der Waals surface area (Å²) in [5.41, 5.74) is 5.79. The average molecular weight is 429 g/mol. The molecule has 0 bridgehead atoms. The van der Waals surface area contributed by atoms with Crippen LogP contribution in [0.15, 0.2) is 83.8 Å². The van der Waals surface area contributed by atoms with Gasteiger partial charge in [0, 0.05) is 16.8 Å². The number of halogens is 1. The normalized spacial score (nSPS) is 11.2. The third kappa shape index (κ3) is 4.60. The molecular weight excluding hydrogens is 408 g/mol. The van der Waals surface area contributed by atoms with Gasteiger partial charge in [0.05, 0.1) is 11.4 Å². The first kappa shape index (κ1) is 20.6. The standard InChI is InChI=1S/C26H21ClN2O2/c1-17-6-10-20(14-18(17)2)24-16-29(26(31)28-24)23-5-3-4-21(15-23)25(30)13-9-19-7-11-22(27)12-8-19/h3-16H,1-2H3,(H,28,31)/b13-9+. The van der Waals surface area contributed by atoms with Gasteiger partial charge in [-0.15, -0.1) is 0 Å². The number of hydrogen-bond acceptors (Lipinski definition) is 2. The number of imidazole rings is 1. The molecule has 0 saturated carbocycles. The summed E-state index contributed by atoms with van der Waals surface area (Å²) in [5.74, 6) is -0.144. The van der Waals surface area contributed by atoms with E-state index in [1.54, 1.807) is 48.7 Å². The highest BCUT2D eigenvalue weighted by atomic mass is 35.5. The van der Waals surface area contributed by atoms with Gasteiger partial charge >= 0.3 is 5.69 Å². The van der Waals surface area contributed by atoms with E-state index in [-0.39, 0.29) is 11.5 Å². The number of nitrogens with one attached hydrogen (secondary N) is 1. The van der Waals surface area contributed by atoms with Crippen LogP contribution in [0.2, 0.25) is 5.02 Å². The van der Waals surface area contributed by atoms with Crippen LogP contribution < -0.4 is 5.69 Å². The minimum Gasteiger partial charge on any atom is -0.305 e. The zero-order chi connectivity index (χ0) is 22.0. The summed E-state index contributed by atoms with van der Waals surface area (Å²) in [6.07, 6.45) is 5.02. The fourth-order valence-electron chi connectivity index (χ4n) is 3.29. The van der Waals surface area contributed by atoms with Crippen LogP contribution in [-0.2, 0) is 0 Å². The summed E-state index contributed by atoms with van der Waals surface area (Å²) >= 11 is 5.89. The monoisotopic (exact) mass is 428 g/mol. The van der Waals surface area contributed by atoms with Crippen molar-refractivity contribution >= 4 is 23.5 Å². The molecule has 0 saturated heterocycles. The molecule has 0 fully saturated rings. The van der Waals surface area contributed by atoms with E-state index in [1.807, 2.05) is 37.3 Å². The zero-order valence-corrected chi connectivity index (χ0v) is 18.0. The van der Waals surface area contributed by atoms with Crippen molar-refractivity contribution in [2.24, 2.45) is 0 Å². The number of ketones is 1. The third-order valence-corrected chi connectivity index (χ3v) is 5.49. The molecule has 4 nitrogen and oxygen atoms in total. The van der Waals surface area contributed by atoms with Crippen LogP contribution in [-0.4, -0.2) is 15.3 Å². The van der Waals surface area contributed by atoms with Gasteiger partial charge < -0.3 is 4.98 Å². The maximum atomic E-state index is 12.6. The highest BCUT2D eigenvalue weighted by Crippen LogP contribution is 2.21. The number of hydrogen-bond donors (Lipinski definition) is 1. The molecular formula is C26H21ClN2O2. The molecule has 0 aliphatic rings. The lowest BCUT2D eigenvalue weighted by atomic mass is 10.0.